The van der Waals surface area contributed by atoms with Crippen molar-refractivity contribution in [3.63, 3.8) is 0 Å². The van der Waals surface area contributed by atoms with E-state index in [0.29, 0.717) is 32.1 Å². The van der Waals surface area contributed by atoms with Crippen molar-refractivity contribution < 1.29 is 13.9 Å². The van der Waals surface area contributed by atoms with E-state index >= 15 is 0 Å². The van der Waals surface area contributed by atoms with Gasteiger partial charge >= 0.3 is 5.97 Å². The molecule has 0 aliphatic carbocycles. The standard InChI is InChI=1S/C18H12BrFN4O2S/c1-2-26-18(25)14-8-15(17-21-5-6-27-17)24-16(22-14)9-13(23-24)11-4-3-10(19)7-12(11)20/h3-9H,2H2,1H3. The minimum Gasteiger partial charge on any atom is -0.461 e. The van der Waals surface area contributed by atoms with E-state index in [-0.39, 0.29) is 12.3 Å². The number of halogens is 2. The van der Waals surface area contributed by atoms with Crippen LogP contribution in [0.3, 0.4) is 0 Å². The van der Waals surface area contributed by atoms with Crippen LogP contribution in [0, 0.1) is 5.82 Å². The summed E-state index contributed by atoms with van der Waals surface area (Å²) in [6, 6.07) is 7.96. The SMILES string of the molecule is CCOC(=O)c1cc(-c2nccs2)n2nc(-c3ccc(Br)cc3F)cc2n1. The fourth-order valence-corrected chi connectivity index (χ4v) is 3.59. The average Bonchev–Trinajstić information content (AvgIpc) is 3.30. The second kappa shape index (κ2) is 7.16. The lowest BCUT2D eigenvalue weighted by molar-refractivity contribution is 0.0519. The highest BCUT2D eigenvalue weighted by Gasteiger charge is 2.19. The Morgan fingerprint density at radius 2 is 2.19 bits per heavy atom. The van der Waals surface area contributed by atoms with Crippen LogP contribution in [0.5, 0.6) is 0 Å². The second-order valence-electron chi connectivity index (χ2n) is 5.51. The fourth-order valence-electron chi connectivity index (χ4n) is 2.62. The van der Waals surface area contributed by atoms with Gasteiger partial charge in [-0.05, 0) is 25.1 Å². The summed E-state index contributed by atoms with van der Waals surface area (Å²) < 4.78 is 21.6. The number of carbonyl (C=O) groups excluding carboxylic acids is 1. The van der Waals surface area contributed by atoms with Crippen LogP contribution in [0.2, 0.25) is 0 Å². The number of hydrogen-bond acceptors (Lipinski definition) is 6. The highest BCUT2D eigenvalue weighted by Crippen LogP contribution is 2.29. The molecule has 0 bridgehead atoms. The Kier molecular flexibility index (Phi) is 4.71. The smallest absolute Gasteiger partial charge is 0.357 e. The molecule has 1 aromatic carbocycles. The van der Waals surface area contributed by atoms with Gasteiger partial charge in [0.15, 0.2) is 11.3 Å². The third-order valence-corrected chi connectivity index (χ3v) is 5.06. The topological polar surface area (TPSA) is 69.4 Å². The van der Waals surface area contributed by atoms with Crippen molar-refractivity contribution in [2.75, 3.05) is 6.61 Å². The van der Waals surface area contributed by atoms with Crippen molar-refractivity contribution >= 4 is 38.9 Å². The molecule has 136 valence electrons. The van der Waals surface area contributed by atoms with Crippen LogP contribution >= 0.6 is 27.3 Å². The van der Waals surface area contributed by atoms with Gasteiger partial charge in [-0.3, -0.25) is 0 Å². The lowest BCUT2D eigenvalue weighted by Crippen LogP contribution is -2.09. The molecule has 0 radical (unpaired) electrons. The number of aromatic nitrogens is 4. The number of thiazole rings is 1. The maximum Gasteiger partial charge on any atom is 0.357 e. The Labute approximate surface area is 165 Å². The first-order valence-corrected chi connectivity index (χ1v) is 9.67. The highest BCUT2D eigenvalue weighted by atomic mass is 79.9. The maximum atomic E-state index is 14.4. The third-order valence-electron chi connectivity index (χ3n) is 3.77. The van der Waals surface area contributed by atoms with Gasteiger partial charge in [-0.1, -0.05) is 15.9 Å². The van der Waals surface area contributed by atoms with Crippen LogP contribution in [-0.2, 0) is 4.74 Å². The molecule has 0 amide bonds. The number of benzene rings is 1. The Balaban J connectivity index is 1.93. The summed E-state index contributed by atoms with van der Waals surface area (Å²) in [6.07, 6.45) is 1.66. The summed E-state index contributed by atoms with van der Waals surface area (Å²) in [5.74, 6) is -0.940. The molecular weight excluding hydrogens is 435 g/mol. The molecule has 0 saturated heterocycles. The number of carbonyl (C=O) groups is 1. The van der Waals surface area contributed by atoms with Crippen molar-refractivity contribution in [1.82, 2.24) is 19.6 Å². The van der Waals surface area contributed by atoms with E-state index in [1.165, 1.54) is 17.4 Å². The molecule has 4 rings (SSSR count). The van der Waals surface area contributed by atoms with Gasteiger partial charge < -0.3 is 4.74 Å². The first-order chi connectivity index (χ1) is 13.1. The summed E-state index contributed by atoms with van der Waals surface area (Å²) in [6.45, 7) is 1.97. The molecule has 3 heterocycles. The number of nitrogens with zero attached hydrogens (tertiary/aromatic N) is 4. The Hall–Kier alpha value is -2.65. The quantitative estimate of drug-likeness (QED) is 0.428. The zero-order chi connectivity index (χ0) is 19.0. The predicted octanol–water partition coefficient (Wildman–Crippen LogP) is 4.60. The molecule has 9 heteroatoms. The molecule has 0 saturated carbocycles. The molecule has 3 aromatic heterocycles. The minimum absolute atomic E-state index is 0.150. The van der Waals surface area contributed by atoms with E-state index in [9.17, 15) is 9.18 Å². The molecular formula is C18H12BrFN4O2S. The molecule has 0 aliphatic heterocycles. The van der Waals surface area contributed by atoms with Crippen LogP contribution in [0.4, 0.5) is 4.39 Å². The molecule has 0 fully saturated rings. The van der Waals surface area contributed by atoms with Gasteiger partial charge in [0.05, 0.1) is 12.3 Å². The largest absolute Gasteiger partial charge is 0.461 e. The van der Waals surface area contributed by atoms with Gasteiger partial charge in [-0.25, -0.2) is 23.7 Å². The normalized spacial score (nSPS) is 11.1. The summed E-state index contributed by atoms with van der Waals surface area (Å²) >= 11 is 4.65. The van der Waals surface area contributed by atoms with Crippen LogP contribution in [-0.4, -0.2) is 32.2 Å². The zero-order valence-corrected chi connectivity index (χ0v) is 16.4. The Bertz CT molecular complexity index is 1140. The number of esters is 1. The minimum atomic E-state index is -0.532. The maximum absolute atomic E-state index is 14.4. The number of hydrogen-bond donors (Lipinski definition) is 0. The Morgan fingerprint density at radius 3 is 2.89 bits per heavy atom. The molecule has 0 spiro atoms. The van der Waals surface area contributed by atoms with E-state index in [0.717, 1.165) is 0 Å². The first kappa shape index (κ1) is 17.7. The average molecular weight is 447 g/mol. The van der Waals surface area contributed by atoms with Crippen molar-refractivity contribution in [1.29, 1.82) is 0 Å². The molecule has 4 aromatic rings. The van der Waals surface area contributed by atoms with Crippen molar-refractivity contribution in [3.05, 3.63) is 57.9 Å². The van der Waals surface area contributed by atoms with E-state index < -0.39 is 11.8 Å². The van der Waals surface area contributed by atoms with Crippen LogP contribution < -0.4 is 0 Å². The molecule has 27 heavy (non-hydrogen) atoms. The van der Waals surface area contributed by atoms with Gasteiger partial charge in [0.2, 0.25) is 0 Å². The van der Waals surface area contributed by atoms with E-state index in [4.69, 9.17) is 4.74 Å². The number of rotatable bonds is 4. The molecule has 0 aliphatic rings. The number of fused-ring (bicyclic) bond motifs is 1. The van der Waals surface area contributed by atoms with Gasteiger partial charge in [-0.15, -0.1) is 11.3 Å². The van der Waals surface area contributed by atoms with Crippen LogP contribution in [0.25, 0.3) is 27.6 Å². The first-order valence-electron chi connectivity index (χ1n) is 8.00. The van der Waals surface area contributed by atoms with Gasteiger partial charge in [0.25, 0.3) is 0 Å². The van der Waals surface area contributed by atoms with Gasteiger partial charge in [0, 0.05) is 33.7 Å². The van der Waals surface area contributed by atoms with E-state index in [1.54, 1.807) is 41.9 Å². The third kappa shape index (κ3) is 3.35. The predicted molar refractivity (Wildman–Crippen MR) is 103 cm³/mol. The molecule has 0 unspecified atom stereocenters. The molecule has 0 atom stereocenters. The zero-order valence-electron chi connectivity index (χ0n) is 14.0. The van der Waals surface area contributed by atoms with Crippen molar-refractivity contribution in [2.45, 2.75) is 6.92 Å². The summed E-state index contributed by atoms with van der Waals surface area (Å²) in [5.41, 5.74) is 1.89. The Morgan fingerprint density at radius 1 is 1.33 bits per heavy atom. The second-order valence-corrected chi connectivity index (χ2v) is 7.32. The summed E-state index contributed by atoms with van der Waals surface area (Å²) in [5, 5.41) is 6.98. The van der Waals surface area contributed by atoms with Crippen LogP contribution in [0.15, 0.2) is 46.4 Å². The summed E-state index contributed by atoms with van der Waals surface area (Å²) in [7, 11) is 0. The van der Waals surface area contributed by atoms with Crippen molar-refractivity contribution in [2.24, 2.45) is 0 Å². The van der Waals surface area contributed by atoms with Gasteiger partial charge in [-0.2, -0.15) is 5.10 Å². The fraction of sp³-hybridized carbons (Fsp3) is 0.111. The summed E-state index contributed by atoms with van der Waals surface area (Å²) in [4.78, 5) is 20.8. The lowest BCUT2D eigenvalue weighted by Gasteiger charge is -2.05. The van der Waals surface area contributed by atoms with Crippen LogP contribution in [0.1, 0.15) is 17.4 Å². The van der Waals surface area contributed by atoms with E-state index in [2.05, 4.69) is 31.0 Å². The van der Waals surface area contributed by atoms with Crippen molar-refractivity contribution in [3.8, 4) is 22.0 Å². The monoisotopic (exact) mass is 446 g/mol. The van der Waals surface area contributed by atoms with E-state index in [1.807, 2.05) is 5.38 Å². The molecule has 6 nitrogen and oxygen atoms in total. The molecule has 0 N–H and O–H groups in total. The number of ether oxygens (including phenoxy) is 1. The van der Waals surface area contributed by atoms with Gasteiger partial charge in [0.1, 0.15) is 16.5 Å². The lowest BCUT2D eigenvalue weighted by atomic mass is 10.1. The highest BCUT2D eigenvalue weighted by molar-refractivity contribution is 9.10.